The van der Waals surface area contributed by atoms with E-state index in [0.29, 0.717) is 0 Å². The lowest BCUT2D eigenvalue weighted by molar-refractivity contribution is -0.125. The first kappa shape index (κ1) is 22.0. The first-order valence-electron chi connectivity index (χ1n) is 10.2. The van der Waals surface area contributed by atoms with Crippen LogP contribution in [0.4, 0.5) is 22.0 Å². The fraction of sp³-hybridized carbons (Fsp3) is 0.800. The van der Waals surface area contributed by atoms with Gasteiger partial charge in [-0.05, 0) is 39.0 Å². The highest BCUT2D eigenvalue weighted by Gasteiger charge is 2.43. The van der Waals surface area contributed by atoms with Crippen LogP contribution in [0, 0.1) is 11.8 Å². The Balaban J connectivity index is 1.71. The van der Waals surface area contributed by atoms with E-state index in [1.807, 2.05) is 0 Å². The summed E-state index contributed by atoms with van der Waals surface area (Å²) < 4.78 is 68.7. The Morgan fingerprint density at radius 1 is 1.10 bits per heavy atom. The lowest BCUT2D eigenvalue weighted by Crippen LogP contribution is -2.51. The lowest BCUT2D eigenvalue weighted by atomic mass is 9.74. The van der Waals surface area contributed by atoms with Gasteiger partial charge in [0.2, 0.25) is 11.8 Å². The second-order valence-corrected chi connectivity index (χ2v) is 8.45. The third kappa shape index (κ3) is 4.91. The highest BCUT2D eigenvalue weighted by Crippen LogP contribution is 2.40. The van der Waals surface area contributed by atoms with Crippen LogP contribution in [0.3, 0.4) is 0 Å². The number of amides is 2. The zero-order chi connectivity index (χ0) is 21.3. The third-order valence-electron chi connectivity index (χ3n) is 6.49. The van der Waals surface area contributed by atoms with Gasteiger partial charge in [0.15, 0.2) is 0 Å². The first-order chi connectivity index (χ1) is 13.7. The number of carbonyl (C=O) groups is 2. The van der Waals surface area contributed by atoms with E-state index in [0.717, 1.165) is 0 Å². The maximum absolute atomic E-state index is 14.1. The minimum atomic E-state index is -2.96. The Kier molecular flexibility index (Phi) is 6.83. The lowest BCUT2D eigenvalue weighted by Gasteiger charge is -2.40. The van der Waals surface area contributed by atoms with Gasteiger partial charge in [0.05, 0.1) is 6.42 Å². The van der Waals surface area contributed by atoms with Crippen LogP contribution in [0.15, 0.2) is 11.1 Å². The molecule has 29 heavy (non-hydrogen) atoms. The second kappa shape index (κ2) is 9.00. The Morgan fingerprint density at radius 2 is 1.76 bits per heavy atom. The molecule has 2 N–H and O–H groups in total. The molecule has 2 aliphatic carbocycles. The maximum Gasteiger partial charge on any atom is 0.261 e. The quantitative estimate of drug-likeness (QED) is 0.666. The molecule has 0 aromatic heterocycles. The van der Waals surface area contributed by atoms with E-state index in [1.165, 1.54) is 0 Å². The summed E-state index contributed by atoms with van der Waals surface area (Å²) in [5.41, 5.74) is -0.783. The van der Waals surface area contributed by atoms with E-state index in [4.69, 9.17) is 0 Å². The summed E-state index contributed by atoms with van der Waals surface area (Å²) in [5, 5.41) is 5.20. The van der Waals surface area contributed by atoms with Gasteiger partial charge in [0.1, 0.15) is 18.5 Å². The minimum absolute atomic E-state index is 0.109. The van der Waals surface area contributed by atoms with Gasteiger partial charge < -0.3 is 10.6 Å². The van der Waals surface area contributed by atoms with Gasteiger partial charge in [-0.1, -0.05) is 0 Å². The molecule has 3 rings (SSSR count). The van der Waals surface area contributed by atoms with Gasteiger partial charge in [-0.3, -0.25) is 9.59 Å². The van der Waals surface area contributed by atoms with Crippen LogP contribution in [0.2, 0.25) is 0 Å². The molecule has 0 bridgehead atoms. The van der Waals surface area contributed by atoms with Gasteiger partial charge in [-0.2, -0.15) is 0 Å². The van der Waals surface area contributed by atoms with Gasteiger partial charge in [-0.25, -0.2) is 22.0 Å². The molecule has 0 spiro atoms. The van der Waals surface area contributed by atoms with Crippen LogP contribution in [0.1, 0.15) is 51.9 Å². The van der Waals surface area contributed by atoms with E-state index < -0.39 is 72.7 Å². The van der Waals surface area contributed by atoms with E-state index in [1.54, 1.807) is 6.92 Å². The maximum atomic E-state index is 14.1. The summed E-state index contributed by atoms with van der Waals surface area (Å²) in [4.78, 5) is 24.8. The van der Waals surface area contributed by atoms with Gasteiger partial charge in [0.25, 0.3) is 6.43 Å². The molecular formula is C20H27F5N2O2. The Labute approximate surface area is 166 Å². The average molecular weight is 422 g/mol. The fourth-order valence-electron chi connectivity index (χ4n) is 4.95. The van der Waals surface area contributed by atoms with Crippen LogP contribution in [-0.2, 0) is 9.59 Å². The van der Waals surface area contributed by atoms with Crippen LogP contribution in [0.5, 0.6) is 0 Å². The van der Waals surface area contributed by atoms with E-state index in [2.05, 4.69) is 10.6 Å². The standard InChI is InChI=1S/C20H27F5N2O2/c1-9(12-4-2-11(22)7-15(12)23)26-17(28)8-14-18(19(24)25)13-6-10(21)3-5-16(13)27-20(14)29/h9-13,15-16,19H,2-8H2,1H3,(H,26,28)(H,27,29)/t9-,10?,11?,12?,13?,15?,16?/m0/s1. The monoisotopic (exact) mass is 422 g/mol. The van der Waals surface area contributed by atoms with Crippen LogP contribution >= 0.6 is 0 Å². The van der Waals surface area contributed by atoms with E-state index in [-0.39, 0.29) is 44.1 Å². The topological polar surface area (TPSA) is 58.2 Å². The zero-order valence-electron chi connectivity index (χ0n) is 16.3. The Morgan fingerprint density at radius 3 is 2.41 bits per heavy atom. The molecule has 4 nitrogen and oxygen atoms in total. The van der Waals surface area contributed by atoms with Crippen molar-refractivity contribution in [1.82, 2.24) is 10.6 Å². The Hall–Kier alpha value is -1.67. The number of fused-ring (bicyclic) bond motifs is 1. The van der Waals surface area contributed by atoms with Crippen molar-refractivity contribution < 1.29 is 31.5 Å². The second-order valence-electron chi connectivity index (χ2n) is 8.45. The van der Waals surface area contributed by atoms with Crippen LogP contribution in [0.25, 0.3) is 0 Å². The number of halogens is 5. The molecule has 0 saturated heterocycles. The van der Waals surface area contributed by atoms with Crippen LogP contribution < -0.4 is 10.6 Å². The summed E-state index contributed by atoms with van der Waals surface area (Å²) >= 11 is 0. The molecule has 3 aliphatic rings. The summed E-state index contributed by atoms with van der Waals surface area (Å²) in [7, 11) is 0. The Bertz CT molecular complexity index is 671. The highest BCUT2D eigenvalue weighted by molar-refractivity contribution is 6.00. The molecule has 0 radical (unpaired) electrons. The van der Waals surface area contributed by atoms with Crippen molar-refractivity contribution in [2.45, 2.75) is 88.9 Å². The largest absolute Gasteiger partial charge is 0.353 e. The predicted molar refractivity (Wildman–Crippen MR) is 96.6 cm³/mol. The van der Waals surface area contributed by atoms with Crippen molar-refractivity contribution in [1.29, 1.82) is 0 Å². The van der Waals surface area contributed by atoms with Crippen molar-refractivity contribution in [3.05, 3.63) is 11.1 Å². The van der Waals surface area contributed by atoms with Crippen molar-refractivity contribution in [2.75, 3.05) is 0 Å². The number of carbonyl (C=O) groups excluding carboxylic acids is 2. The zero-order valence-corrected chi connectivity index (χ0v) is 16.3. The summed E-state index contributed by atoms with van der Waals surface area (Å²) in [6.07, 6.45) is -6.72. The summed E-state index contributed by atoms with van der Waals surface area (Å²) in [5.74, 6) is -2.80. The molecule has 2 fully saturated rings. The molecule has 164 valence electrons. The highest BCUT2D eigenvalue weighted by atomic mass is 19.3. The molecule has 0 aromatic carbocycles. The van der Waals surface area contributed by atoms with E-state index >= 15 is 0 Å². The van der Waals surface area contributed by atoms with Gasteiger partial charge >= 0.3 is 0 Å². The molecule has 6 unspecified atom stereocenters. The van der Waals surface area contributed by atoms with E-state index in [9.17, 15) is 31.5 Å². The molecule has 1 heterocycles. The van der Waals surface area contributed by atoms with Crippen LogP contribution in [-0.4, -0.2) is 48.8 Å². The third-order valence-corrected chi connectivity index (χ3v) is 6.49. The first-order valence-corrected chi connectivity index (χ1v) is 10.2. The van der Waals surface area contributed by atoms with Gasteiger partial charge in [-0.15, -0.1) is 0 Å². The number of hydrogen-bond acceptors (Lipinski definition) is 2. The molecule has 1 aliphatic heterocycles. The molecule has 9 heteroatoms. The van der Waals surface area contributed by atoms with Crippen molar-refractivity contribution in [3.8, 4) is 0 Å². The summed E-state index contributed by atoms with van der Waals surface area (Å²) in [6, 6.07) is -1.17. The number of rotatable bonds is 5. The molecule has 0 aromatic rings. The normalized spacial score (nSPS) is 36.4. The predicted octanol–water partition coefficient (Wildman–Crippen LogP) is 3.56. The average Bonchev–Trinajstić information content (AvgIpc) is 2.62. The number of alkyl halides is 5. The minimum Gasteiger partial charge on any atom is -0.353 e. The van der Waals surface area contributed by atoms with Crippen molar-refractivity contribution in [3.63, 3.8) is 0 Å². The number of nitrogens with one attached hydrogen (secondary N) is 2. The molecule has 2 amide bonds. The molecule has 2 saturated carbocycles. The summed E-state index contributed by atoms with van der Waals surface area (Å²) in [6.45, 7) is 1.59. The van der Waals surface area contributed by atoms with Crippen molar-refractivity contribution in [2.24, 2.45) is 11.8 Å². The fourth-order valence-corrected chi connectivity index (χ4v) is 4.95. The smallest absolute Gasteiger partial charge is 0.261 e. The van der Waals surface area contributed by atoms with Crippen molar-refractivity contribution >= 4 is 11.8 Å². The molecule has 7 atom stereocenters. The molecular weight excluding hydrogens is 395 g/mol. The SMILES string of the molecule is C[C@H](NC(=O)CC1=C(C(F)F)C2CC(F)CCC2NC1=O)C1CCC(F)CC1F. The number of hydrogen-bond donors (Lipinski definition) is 2. The van der Waals surface area contributed by atoms with Gasteiger partial charge in [0, 0.05) is 41.5 Å².